The number of imide groups is 1. The number of benzene rings is 1. The maximum absolute atomic E-state index is 12.2. The summed E-state index contributed by atoms with van der Waals surface area (Å²) < 4.78 is 1.69. The summed E-state index contributed by atoms with van der Waals surface area (Å²) in [7, 11) is 0. The fourth-order valence-electron chi connectivity index (χ4n) is 2.39. The van der Waals surface area contributed by atoms with Gasteiger partial charge in [0.1, 0.15) is 6.54 Å². The Bertz CT molecular complexity index is 947. The molecule has 1 aliphatic heterocycles. The van der Waals surface area contributed by atoms with Gasteiger partial charge in [0.25, 0.3) is 16.8 Å². The van der Waals surface area contributed by atoms with Crippen LogP contribution in [0.5, 0.6) is 0 Å². The fraction of sp³-hybridized carbons (Fsp3) is 0.0625. The van der Waals surface area contributed by atoms with Gasteiger partial charge in [-0.2, -0.15) is 0 Å². The second-order valence-corrected chi connectivity index (χ2v) is 6.23. The number of carbonyl (C=O) groups is 3. The van der Waals surface area contributed by atoms with E-state index in [1.165, 1.54) is 18.2 Å². The van der Waals surface area contributed by atoms with Crippen molar-refractivity contribution in [2.45, 2.75) is 0 Å². The molecule has 1 aliphatic rings. The molecule has 1 N–H and O–H groups in total. The number of thioether (sulfide) groups is 1. The highest BCUT2D eigenvalue weighted by Crippen LogP contribution is 2.32. The molecule has 9 nitrogen and oxygen atoms in total. The number of aromatic nitrogens is 1. The molecule has 26 heavy (non-hydrogen) atoms. The van der Waals surface area contributed by atoms with Gasteiger partial charge < -0.3 is 9.67 Å². The summed E-state index contributed by atoms with van der Waals surface area (Å²) in [6.07, 6.45) is 3.18. The molecule has 1 aromatic heterocycles. The average Bonchev–Trinajstić information content (AvgIpc) is 3.15. The normalized spacial score (nSPS) is 15.7. The highest BCUT2D eigenvalue weighted by molar-refractivity contribution is 8.18. The van der Waals surface area contributed by atoms with E-state index in [1.54, 1.807) is 35.0 Å². The molecule has 132 valence electrons. The molecule has 2 heterocycles. The molecule has 0 spiro atoms. The third-order valence-corrected chi connectivity index (χ3v) is 4.47. The minimum absolute atomic E-state index is 0.0442. The number of carboxylic acids is 1. The molecule has 3 rings (SSSR count). The minimum Gasteiger partial charge on any atom is -0.480 e. The molecule has 0 aliphatic carbocycles. The van der Waals surface area contributed by atoms with Gasteiger partial charge in [-0.05, 0) is 42.1 Å². The Morgan fingerprint density at radius 1 is 1.23 bits per heavy atom. The second-order valence-electron chi connectivity index (χ2n) is 5.24. The summed E-state index contributed by atoms with van der Waals surface area (Å²) in [5.74, 6) is -1.94. The van der Waals surface area contributed by atoms with Crippen LogP contribution < -0.4 is 0 Å². The molecule has 0 atom stereocenters. The summed E-state index contributed by atoms with van der Waals surface area (Å²) in [6, 6.07) is 9.26. The van der Waals surface area contributed by atoms with Gasteiger partial charge in [-0.15, -0.1) is 0 Å². The molecule has 0 saturated carbocycles. The van der Waals surface area contributed by atoms with Gasteiger partial charge in [-0.3, -0.25) is 29.4 Å². The van der Waals surface area contributed by atoms with E-state index in [1.807, 2.05) is 0 Å². The topological polar surface area (TPSA) is 123 Å². The molecule has 2 amide bonds. The zero-order valence-corrected chi connectivity index (χ0v) is 13.9. The lowest BCUT2D eigenvalue weighted by Gasteiger charge is -2.08. The van der Waals surface area contributed by atoms with Crippen LogP contribution in [-0.2, 0) is 9.59 Å². The van der Waals surface area contributed by atoms with Crippen LogP contribution in [0.3, 0.4) is 0 Å². The lowest BCUT2D eigenvalue weighted by Crippen LogP contribution is -2.33. The van der Waals surface area contributed by atoms with E-state index in [4.69, 9.17) is 5.11 Å². The van der Waals surface area contributed by atoms with E-state index in [0.717, 1.165) is 0 Å². The molecule has 1 fully saturated rings. The predicted octanol–water partition coefficient (Wildman–Crippen LogP) is 2.51. The Kier molecular flexibility index (Phi) is 4.59. The fourth-order valence-corrected chi connectivity index (χ4v) is 3.21. The van der Waals surface area contributed by atoms with Crippen LogP contribution in [0.2, 0.25) is 0 Å². The summed E-state index contributed by atoms with van der Waals surface area (Å²) in [6.45, 7) is -0.689. The Labute approximate surface area is 150 Å². The Balaban J connectivity index is 1.90. The van der Waals surface area contributed by atoms with Crippen molar-refractivity contribution in [1.82, 2.24) is 9.47 Å². The highest BCUT2D eigenvalue weighted by atomic mass is 32.2. The SMILES string of the molecule is O=C(O)CN1C(=O)S/C(=C/c2cccn2-c2ccc([N+](=O)[O-])cc2)C1=O. The van der Waals surface area contributed by atoms with Crippen molar-refractivity contribution in [3.05, 3.63) is 63.3 Å². The van der Waals surface area contributed by atoms with Crippen LogP contribution in [0.4, 0.5) is 10.5 Å². The molecule has 10 heteroatoms. The standard InChI is InChI=1S/C16H11N3O6S/c20-14(21)9-18-15(22)13(26-16(18)23)8-12-2-1-7-17(12)10-3-5-11(6-4-10)19(24)25/h1-8H,9H2,(H,20,21)/b13-8+. The van der Waals surface area contributed by atoms with Crippen molar-refractivity contribution in [3.63, 3.8) is 0 Å². The smallest absolute Gasteiger partial charge is 0.323 e. The molecule has 2 aromatic rings. The van der Waals surface area contributed by atoms with Gasteiger partial charge in [0.15, 0.2) is 0 Å². The van der Waals surface area contributed by atoms with E-state index in [9.17, 15) is 24.5 Å². The highest BCUT2D eigenvalue weighted by Gasteiger charge is 2.36. The van der Waals surface area contributed by atoms with Crippen molar-refractivity contribution in [2.24, 2.45) is 0 Å². The number of hydrogen-bond donors (Lipinski definition) is 1. The van der Waals surface area contributed by atoms with Crippen LogP contribution >= 0.6 is 11.8 Å². The molecule has 0 unspecified atom stereocenters. The van der Waals surface area contributed by atoms with E-state index in [2.05, 4.69) is 0 Å². The van der Waals surface area contributed by atoms with Gasteiger partial charge in [0.05, 0.1) is 9.83 Å². The summed E-state index contributed by atoms with van der Waals surface area (Å²) in [5, 5.41) is 18.9. The van der Waals surface area contributed by atoms with Crippen molar-refractivity contribution in [3.8, 4) is 5.69 Å². The lowest BCUT2D eigenvalue weighted by atomic mass is 10.2. The molecular weight excluding hydrogens is 362 g/mol. The number of hydrogen-bond acceptors (Lipinski definition) is 6. The monoisotopic (exact) mass is 373 g/mol. The molecule has 1 aromatic carbocycles. The first-order valence-corrected chi connectivity index (χ1v) is 8.08. The summed E-state index contributed by atoms with van der Waals surface area (Å²) in [5.41, 5.74) is 1.16. The zero-order valence-electron chi connectivity index (χ0n) is 13.1. The van der Waals surface area contributed by atoms with E-state index in [0.29, 0.717) is 28.0 Å². The van der Waals surface area contributed by atoms with Crippen LogP contribution in [0.1, 0.15) is 5.69 Å². The van der Waals surface area contributed by atoms with E-state index < -0.39 is 28.6 Å². The Morgan fingerprint density at radius 3 is 2.54 bits per heavy atom. The van der Waals surface area contributed by atoms with E-state index in [-0.39, 0.29) is 10.6 Å². The van der Waals surface area contributed by atoms with Crippen molar-refractivity contribution < 1.29 is 24.4 Å². The number of nitro benzene ring substituents is 1. The van der Waals surface area contributed by atoms with Crippen molar-refractivity contribution in [2.75, 3.05) is 6.54 Å². The van der Waals surface area contributed by atoms with Gasteiger partial charge in [-0.25, -0.2) is 0 Å². The quantitative estimate of drug-likeness (QED) is 0.485. The number of non-ortho nitro benzene ring substituents is 1. The molecule has 1 saturated heterocycles. The van der Waals surface area contributed by atoms with Crippen LogP contribution in [0.25, 0.3) is 11.8 Å². The second kappa shape index (κ2) is 6.84. The van der Waals surface area contributed by atoms with Gasteiger partial charge in [-0.1, -0.05) is 0 Å². The van der Waals surface area contributed by atoms with Crippen LogP contribution in [0, 0.1) is 10.1 Å². The maximum Gasteiger partial charge on any atom is 0.323 e. The number of carboxylic acid groups (broad SMARTS) is 1. The summed E-state index contributed by atoms with van der Waals surface area (Å²) in [4.78, 5) is 45.8. The lowest BCUT2D eigenvalue weighted by molar-refractivity contribution is -0.384. The van der Waals surface area contributed by atoms with E-state index >= 15 is 0 Å². The van der Waals surface area contributed by atoms with Gasteiger partial charge in [0.2, 0.25) is 0 Å². The third-order valence-electron chi connectivity index (χ3n) is 3.56. The minimum atomic E-state index is -1.28. The van der Waals surface area contributed by atoms with Gasteiger partial charge in [0, 0.05) is 29.7 Å². The molecular formula is C16H11N3O6S. The Hall–Kier alpha value is -3.40. The average molecular weight is 373 g/mol. The van der Waals surface area contributed by atoms with Gasteiger partial charge >= 0.3 is 5.97 Å². The largest absolute Gasteiger partial charge is 0.480 e. The molecule has 0 bridgehead atoms. The van der Waals surface area contributed by atoms with Crippen LogP contribution in [0.15, 0.2) is 47.5 Å². The first-order chi connectivity index (χ1) is 12.4. The number of nitro groups is 1. The Morgan fingerprint density at radius 2 is 1.92 bits per heavy atom. The van der Waals surface area contributed by atoms with Crippen molar-refractivity contribution >= 4 is 40.6 Å². The summed E-state index contributed by atoms with van der Waals surface area (Å²) >= 11 is 0.665. The van der Waals surface area contributed by atoms with Crippen molar-refractivity contribution in [1.29, 1.82) is 0 Å². The number of amides is 2. The number of rotatable bonds is 5. The maximum atomic E-state index is 12.2. The van der Waals surface area contributed by atoms with Crippen LogP contribution in [-0.4, -0.2) is 43.2 Å². The number of carbonyl (C=O) groups excluding carboxylic acids is 2. The number of nitrogens with zero attached hydrogens (tertiary/aromatic N) is 3. The first-order valence-electron chi connectivity index (χ1n) is 7.26. The first kappa shape index (κ1) is 17.4. The molecule has 0 radical (unpaired) electrons. The zero-order chi connectivity index (χ0) is 18.8. The third kappa shape index (κ3) is 3.35. The predicted molar refractivity (Wildman–Crippen MR) is 92.7 cm³/mol. The number of aliphatic carboxylic acids is 1.